The van der Waals surface area contributed by atoms with E-state index >= 15 is 0 Å². The number of hydrogen-bond acceptors (Lipinski definition) is 7. The van der Waals surface area contributed by atoms with Crippen molar-refractivity contribution < 1.29 is 23.8 Å². The van der Waals surface area contributed by atoms with Crippen molar-refractivity contribution in [2.75, 3.05) is 13.2 Å². The predicted octanol–water partition coefficient (Wildman–Crippen LogP) is 0.663. The van der Waals surface area contributed by atoms with Gasteiger partial charge in [0.15, 0.2) is 5.78 Å². The van der Waals surface area contributed by atoms with E-state index in [4.69, 9.17) is 9.05 Å². The average Bonchev–Trinajstić information content (AvgIpc) is 2.61. The number of rotatable bonds is 5. The van der Waals surface area contributed by atoms with Gasteiger partial charge in [-0.15, -0.1) is 0 Å². The molecular formula is C16H21N2O7P. The van der Waals surface area contributed by atoms with Gasteiger partial charge in [-0.1, -0.05) is 12.1 Å². The molecule has 3 atom stereocenters. The Hall–Kier alpha value is -1.77. The largest absolute Gasteiger partial charge is 0.388 e. The zero-order valence-corrected chi connectivity index (χ0v) is 15.3. The maximum atomic E-state index is 13.3. The molecule has 0 spiro atoms. The predicted molar refractivity (Wildman–Crippen MR) is 94.4 cm³/mol. The molecule has 2 heterocycles. The Morgan fingerprint density at radius 3 is 2.15 bits per heavy atom. The van der Waals surface area contributed by atoms with Crippen molar-refractivity contribution in [2.45, 2.75) is 38.4 Å². The third-order valence-electron chi connectivity index (χ3n) is 4.34. The summed E-state index contributed by atoms with van der Waals surface area (Å²) in [4.78, 5) is 25.8. The van der Waals surface area contributed by atoms with Gasteiger partial charge in [-0.05, 0) is 26.0 Å². The molecule has 10 heteroatoms. The van der Waals surface area contributed by atoms with E-state index in [0.29, 0.717) is 0 Å². The Kier molecular flexibility index (Phi) is 5.18. The van der Waals surface area contributed by atoms with Gasteiger partial charge in [0.05, 0.1) is 30.5 Å². The van der Waals surface area contributed by atoms with E-state index in [2.05, 4.69) is 0 Å². The minimum absolute atomic E-state index is 0.00313. The summed E-state index contributed by atoms with van der Waals surface area (Å²) in [5.41, 5.74) is -1.15. The minimum Gasteiger partial charge on any atom is -0.388 e. The lowest BCUT2D eigenvalue weighted by Gasteiger charge is -2.38. The van der Waals surface area contributed by atoms with Gasteiger partial charge >= 0.3 is 7.60 Å². The van der Waals surface area contributed by atoms with Crippen molar-refractivity contribution in [1.82, 2.24) is 9.36 Å². The summed E-state index contributed by atoms with van der Waals surface area (Å²) in [6, 6.07) is 6.21. The van der Waals surface area contributed by atoms with Crippen LogP contribution < -0.4 is 11.1 Å². The van der Waals surface area contributed by atoms with Gasteiger partial charge in [-0.2, -0.15) is 0 Å². The molecular weight excluding hydrogens is 363 g/mol. The Labute approximate surface area is 148 Å². The van der Waals surface area contributed by atoms with Crippen LogP contribution in [0.4, 0.5) is 0 Å². The summed E-state index contributed by atoms with van der Waals surface area (Å²) in [6.07, 6.45) is -3.01. The zero-order chi connectivity index (χ0) is 19.1. The van der Waals surface area contributed by atoms with Crippen LogP contribution in [-0.2, 0) is 20.2 Å². The lowest BCUT2D eigenvalue weighted by atomic mass is 10.1. The van der Waals surface area contributed by atoms with Crippen molar-refractivity contribution in [1.29, 1.82) is 0 Å². The number of hydrogen-bond donors (Lipinski definition) is 2. The molecule has 9 nitrogen and oxygen atoms in total. The van der Waals surface area contributed by atoms with E-state index in [1.807, 2.05) is 0 Å². The van der Waals surface area contributed by atoms with Gasteiger partial charge in [0, 0.05) is 0 Å². The summed E-state index contributed by atoms with van der Waals surface area (Å²) in [5, 5.41) is 21.0. The van der Waals surface area contributed by atoms with Gasteiger partial charge in [-0.3, -0.25) is 14.2 Å². The number of aliphatic hydroxyl groups excluding tert-OH is 2. The monoisotopic (exact) mass is 384 g/mol. The molecule has 0 aliphatic carbocycles. The molecule has 0 saturated carbocycles. The minimum atomic E-state index is -4.05. The van der Waals surface area contributed by atoms with Crippen molar-refractivity contribution in [3.63, 3.8) is 0 Å². The van der Waals surface area contributed by atoms with E-state index in [9.17, 15) is 24.4 Å². The van der Waals surface area contributed by atoms with Gasteiger partial charge in [0.2, 0.25) is 0 Å². The second-order valence-corrected chi connectivity index (χ2v) is 8.05. The molecule has 0 bridgehead atoms. The number of aliphatic hydroxyl groups is 2. The molecule has 1 aromatic carbocycles. The maximum absolute atomic E-state index is 13.3. The van der Waals surface area contributed by atoms with Crippen molar-refractivity contribution >= 4 is 18.4 Å². The quantitative estimate of drug-likeness (QED) is 0.727. The lowest BCUT2D eigenvalue weighted by Crippen LogP contribution is -2.54. The third kappa shape index (κ3) is 2.86. The smallest absolute Gasteiger partial charge is 0.357 e. The molecule has 1 aliphatic heterocycles. The molecule has 142 valence electrons. The van der Waals surface area contributed by atoms with Gasteiger partial charge < -0.3 is 19.3 Å². The Morgan fingerprint density at radius 2 is 1.62 bits per heavy atom. The van der Waals surface area contributed by atoms with Crippen LogP contribution in [0.2, 0.25) is 0 Å². The number of benzene rings is 1. The van der Waals surface area contributed by atoms with E-state index in [1.165, 1.54) is 12.1 Å². The van der Waals surface area contributed by atoms with E-state index in [-0.39, 0.29) is 30.5 Å². The maximum Gasteiger partial charge on any atom is 0.357 e. The third-order valence-corrected chi connectivity index (χ3v) is 6.75. The number of aromatic nitrogens is 2. The topological polar surface area (TPSA) is 120 Å². The fraction of sp³-hybridized carbons (Fsp3) is 0.500. The highest BCUT2D eigenvalue weighted by Crippen LogP contribution is 2.60. The SMILES string of the molecule is CCOP(=O)(OCC)[C@@H]1[C@@H](O)[C@@H](O)Cn2c(=O)c3ccccc3c(=O)n21. The first-order valence-corrected chi connectivity index (χ1v) is 9.96. The van der Waals surface area contributed by atoms with Crippen LogP contribution in [0.25, 0.3) is 10.8 Å². The highest BCUT2D eigenvalue weighted by molar-refractivity contribution is 7.54. The van der Waals surface area contributed by atoms with Crippen LogP contribution in [0.3, 0.4) is 0 Å². The second-order valence-electron chi connectivity index (χ2n) is 5.93. The fourth-order valence-corrected chi connectivity index (χ4v) is 5.43. The van der Waals surface area contributed by atoms with E-state index < -0.39 is 36.7 Å². The molecule has 0 saturated heterocycles. The zero-order valence-electron chi connectivity index (χ0n) is 14.4. The van der Waals surface area contributed by atoms with E-state index in [1.54, 1.807) is 26.0 Å². The van der Waals surface area contributed by atoms with Gasteiger partial charge in [0.1, 0.15) is 12.2 Å². The molecule has 2 aromatic rings. The summed E-state index contributed by atoms with van der Waals surface area (Å²) >= 11 is 0. The first-order valence-electron chi connectivity index (χ1n) is 8.35. The molecule has 1 aromatic heterocycles. The Bertz CT molecular complexity index is 973. The van der Waals surface area contributed by atoms with Gasteiger partial charge in [0.25, 0.3) is 11.1 Å². The first kappa shape index (κ1) is 19.0. The number of fused-ring (bicyclic) bond motifs is 2. The first-order chi connectivity index (χ1) is 12.4. The van der Waals surface area contributed by atoms with Crippen molar-refractivity contribution in [3.8, 4) is 0 Å². The van der Waals surface area contributed by atoms with Crippen LogP contribution in [-0.4, -0.2) is 45.0 Å². The van der Waals surface area contributed by atoms with E-state index in [0.717, 1.165) is 9.36 Å². The molecule has 0 fully saturated rings. The second kappa shape index (κ2) is 7.09. The standard InChI is InChI=1S/C16H21N2O7P/c1-3-24-26(23,25-4-2)16-13(20)12(19)9-17-14(21)10-7-5-6-8-11(10)15(22)18(16)17/h5-8,12-13,16,19-20H,3-4,9H2,1-2H3/t12-,13-,16+/m0/s1. The lowest BCUT2D eigenvalue weighted by molar-refractivity contribution is -0.0448. The highest BCUT2D eigenvalue weighted by Gasteiger charge is 2.49. The molecule has 3 rings (SSSR count). The van der Waals surface area contributed by atoms with Gasteiger partial charge in [-0.25, -0.2) is 9.36 Å². The molecule has 0 amide bonds. The molecule has 0 unspecified atom stereocenters. The van der Waals surface area contributed by atoms with Crippen LogP contribution >= 0.6 is 7.60 Å². The normalized spacial score (nSPS) is 23.2. The van der Waals surface area contributed by atoms with Crippen molar-refractivity contribution in [3.05, 3.63) is 45.0 Å². The number of nitrogens with zero attached hydrogens (tertiary/aromatic N) is 2. The average molecular weight is 384 g/mol. The highest BCUT2D eigenvalue weighted by atomic mass is 31.2. The fourth-order valence-electron chi connectivity index (χ4n) is 3.26. The van der Waals surface area contributed by atoms with Crippen LogP contribution in [0, 0.1) is 0 Å². The Morgan fingerprint density at radius 1 is 1.08 bits per heavy atom. The Balaban J connectivity index is 2.38. The summed E-state index contributed by atoms with van der Waals surface area (Å²) in [5.74, 6) is -1.53. The molecule has 1 aliphatic rings. The molecule has 26 heavy (non-hydrogen) atoms. The van der Waals surface area contributed by atoms with Crippen LogP contribution in [0.5, 0.6) is 0 Å². The van der Waals surface area contributed by atoms with Crippen LogP contribution in [0.15, 0.2) is 33.9 Å². The van der Waals surface area contributed by atoms with Crippen LogP contribution in [0.1, 0.15) is 19.6 Å². The summed E-state index contributed by atoms with van der Waals surface area (Å²) in [7, 11) is -4.05. The summed E-state index contributed by atoms with van der Waals surface area (Å²) < 4.78 is 25.8. The summed E-state index contributed by atoms with van der Waals surface area (Å²) in [6.45, 7) is 2.88. The molecule has 0 radical (unpaired) electrons. The van der Waals surface area contributed by atoms with Crippen molar-refractivity contribution in [2.24, 2.45) is 0 Å². The molecule has 2 N–H and O–H groups in total.